The molecule has 0 saturated carbocycles. The van der Waals surface area contributed by atoms with Crippen molar-refractivity contribution in [2.45, 2.75) is 20.8 Å². The SMILES string of the molecule is CC.[B]c1csc(-c2ccc(C(C)=O)cc2Cl)c1. The summed E-state index contributed by atoms with van der Waals surface area (Å²) in [7, 11) is 5.66. The summed E-state index contributed by atoms with van der Waals surface area (Å²) in [5.41, 5.74) is 2.26. The van der Waals surface area contributed by atoms with E-state index in [1.807, 2.05) is 31.4 Å². The number of thiophene rings is 1. The quantitative estimate of drug-likeness (QED) is 0.596. The highest BCUT2D eigenvalue weighted by atomic mass is 35.5. The second-order valence-corrected chi connectivity index (χ2v) is 4.81. The summed E-state index contributed by atoms with van der Waals surface area (Å²) in [6.45, 7) is 5.52. The van der Waals surface area contributed by atoms with E-state index in [-0.39, 0.29) is 5.78 Å². The zero-order valence-corrected chi connectivity index (χ0v) is 12.2. The van der Waals surface area contributed by atoms with Crippen molar-refractivity contribution in [2.75, 3.05) is 0 Å². The van der Waals surface area contributed by atoms with Gasteiger partial charge in [0.25, 0.3) is 0 Å². The third-order valence-corrected chi connectivity index (χ3v) is 3.56. The standard InChI is InChI=1S/C12H8BClOS.C2H6/c1-7(15)8-2-3-10(11(14)4-8)12-5-9(13)6-16-12;1-2/h2-6H,1H3;1-2H3. The molecule has 0 aliphatic rings. The first kappa shape index (κ1) is 15.0. The second-order valence-electron chi connectivity index (χ2n) is 3.50. The van der Waals surface area contributed by atoms with Crippen LogP contribution in [0.25, 0.3) is 10.4 Å². The molecule has 0 fully saturated rings. The van der Waals surface area contributed by atoms with Gasteiger partial charge in [-0.1, -0.05) is 49.1 Å². The van der Waals surface area contributed by atoms with E-state index in [4.69, 9.17) is 19.4 Å². The average molecular weight is 277 g/mol. The van der Waals surface area contributed by atoms with Crippen molar-refractivity contribution in [3.05, 3.63) is 40.2 Å². The predicted octanol–water partition coefficient (Wildman–Crippen LogP) is 4.09. The van der Waals surface area contributed by atoms with Crippen molar-refractivity contribution in [3.8, 4) is 10.4 Å². The van der Waals surface area contributed by atoms with Crippen LogP contribution in [0.3, 0.4) is 0 Å². The summed E-state index contributed by atoms with van der Waals surface area (Å²) in [5.74, 6) is 0.0131. The Kier molecular flexibility index (Phi) is 5.64. The Bertz CT molecular complexity index is 548. The predicted molar refractivity (Wildman–Crippen MR) is 81.5 cm³/mol. The van der Waals surface area contributed by atoms with Crippen LogP contribution in [0.5, 0.6) is 0 Å². The molecule has 18 heavy (non-hydrogen) atoms. The van der Waals surface area contributed by atoms with Crippen LogP contribution in [0.15, 0.2) is 29.6 Å². The molecular weight excluding hydrogens is 262 g/mol. The fourth-order valence-electron chi connectivity index (χ4n) is 1.43. The number of hydrogen-bond acceptors (Lipinski definition) is 2. The van der Waals surface area contributed by atoms with E-state index >= 15 is 0 Å². The minimum absolute atomic E-state index is 0.0131. The van der Waals surface area contributed by atoms with Crippen LogP contribution >= 0.6 is 22.9 Å². The Hall–Kier alpha value is -1.06. The second kappa shape index (κ2) is 6.76. The summed E-state index contributed by atoms with van der Waals surface area (Å²) in [6.07, 6.45) is 0. The van der Waals surface area contributed by atoms with Gasteiger partial charge < -0.3 is 0 Å². The topological polar surface area (TPSA) is 17.1 Å². The van der Waals surface area contributed by atoms with E-state index in [0.29, 0.717) is 10.6 Å². The lowest BCUT2D eigenvalue weighted by molar-refractivity contribution is 0.101. The smallest absolute Gasteiger partial charge is 0.159 e. The summed E-state index contributed by atoms with van der Waals surface area (Å²) < 4.78 is 0. The van der Waals surface area contributed by atoms with E-state index < -0.39 is 0 Å². The minimum atomic E-state index is 0.0131. The summed E-state index contributed by atoms with van der Waals surface area (Å²) in [6, 6.07) is 7.19. The largest absolute Gasteiger partial charge is 0.295 e. The van der Waals surface area contributed by atoms with Gasteiger partial charge >= 0.3 is 0 Å². The molecule has 0 bridgehead atoms. The Labute approximate surface area is 118 Å². The Balaban J connectivity index is 0.000000771. The van der Waals surface area contributed by atoms with Gasteiger partial charge in [0.15, 0.2) is 5.78 Å². The molecule has 2 rings (SSSR count). The highest BCUT2D eigenvalue weighted by Gasteiger charge is 2.08. The van der Waals surface area contributed by atoms with Crippen LogP contribution < -0.4 is 5.46 Å². The number of hydrogen-bond donors (Lipinski definition) is 0. The van der Waals surface area contributed by atoms with Crippen molar-refractivity contribution < 1.29 is 4.79 Å². The maximum Gasteiger partial charge on any atom is 0.159 e. The molecule has 0 unspecified atom stereocenters. The molecule has 0 spiro atoms. The van der Waals surface area contributed by atoms with Gasteiger partial charge in [-0.05, 0) is 18.4 Å². The lowest BCUT2D eigenvalue weighted by Crippen LogP contribution is -1.94. The molecule has 0 amide bonds. The molecule has 2 aromatic rings. The maximum atomic E-state index is 11.2. The van der Waals surface area contributed by atoms with Crippen LogP contribution in [0.2, 0.25) is 5.02 Å². The van der Waals surface area contributed by atoms with Crippen LogP contribution in [-0.4, -0.2) is 13.6 Å². The molecule has 1 nitrogen and oxygen atoms in total. The first-order valence-corrected chi connectivity index (χ1v) is 6.98. The van der Waals surface area contributed by atoms with Gasteiger partial charge in [-0.25, -0.2) is 0 Å². The Morgan fingerprint density at radius 1 is 1.28 bits per heavy atom. The number of carbonyl (C=O) groups is 1. The molecule has 0 saturated heterocycles. The molecule has 1 heterocycles. The van der Waals surface area contributed by atoms with Gasteiger partial charge in [-0.15, -0.1) is 11.3 Å². The molecular formula is C14H14BClOS. The fourth-order valence-corrected chi connectivity index (χ4v) is 2.60. The average Bonchev–Trinajstić information content (AvgIpc) is 2.78. The summed E-state index contributed by atoms with van der Waals surface area (Å²) in [5, 5.41) is 2.44. The van der Waals surface area contributed by atoms with Gasteiger partial charge in [0.2, 0.25) is 0 Å². The molecule has 0 aliphatic heterocycles. The monoisotopic (exact) mass is 276 g/mol. The van der Waals surface area contributed by atoms with Gasteiger partial charge in [0.1, 0.15) is 7.85 Å². The zero-order valence-electron chi connectivity index (χ0n) is 10.7. The summed E-state index contributed by atoms with van der Waals surface area (Å²) in [4.78, 5) is 12.2. The van der Waals surface area contributed by atoms with Crippen LogP contribution in [0.4, 0.5) is 0 Å². The molecule has 1 aromatic carbocycles. The zero-order chi connectivity index (χ0) is 13.7. The number of benzene rings is 1. The van der Waals surface area contributed by atoms with E-state index in [2.05, 4.69) is 0 Å². The van der Waals surface area contributed by atoms with E-state index in [1.54, 1.807) is 12.1 Å². The summed E-state index contributed by atoms with van der Waals surface area (Å²) >= 11 is 7.67. The van der Waals surface area contributed by atoms with E-state index in [1.165, 1.54) is 18.3 Å². The maximum absolute atomic E-state index is 11.2. The molecule has 92 valence electrons. The third kappa shape index (κ3) is 3.47. The van der Waals surface area contributed by atoms with Gasteiger partial charge in [0.05, 0.1) is 0 Å². The number of ketones is 1. The van der Waals surface area contributed by atoms with Crippen LogP contribution in [-0.2, 0) is 0 Å². The van der Waals surface area contributed by atoms with Crippen LogP contribution in [0.1, 0.15) is 31.1 Å². The number of rotatable bonds is 2. The lowest BCUT2D eigenvalue weighted by Gasteiger charge is -2.03. The molecule has 0 aliphatic carbocycles. The van der Waals surface area contributed by atoms with Crippen molar-refractivity contribution >= 4 is 42.0 Å². The lowest BCUT2D eigenvalue weighted by atomic mass is 9.99. The van der Waals surface area contributed by atoms with E-state index in [0.717, 1.165) is 15.9 Å². The van der Waals surface area contributed by atoms with Crippen molar-refractivity contribution in [3.63, 3.8) is 0 Å². The number of Topliss-reactive ketones (excluding diaryl/α,β-unsaturated/α-hetero) is 1. The van der Waals surface area contributed by atoms with Gasteiger partial charge in [-0.2, -0.15) is 0 Å². The molecule has 2 radical (unpaired) electrons. The molecule has 1 aromatic heterocycles. The first-order valence-electron chi connectivity index (χ1n) is 5.73. The normalized spacial score (nSPS) is 9.56. The van der Waals surface area contributed by atoms with Crippen molar-refractivity contribution in [2.24, 2.45) is 0 Å². The number of carbonyl (C=O) groups excluding carboxylic acids is 1. The molecule has 0 atom stereocenters. The Morgan fingerprint density at radius 3 is 2.39 bits per heavy atom. The van der Waals surface area contributed by atoms with Crippen molar-refractivity contribution in [1.29, 1.82) is 0 Å². The number of halogens is 1. The highest BCUT2D eigenvalue weighted by molar-refractivity contribution is 7.14. The minimum Gasteiger partial charge on any atom is -0.295 e. The molecule has 4 heteroatoms. The van der Waals surface area contributed by atoms with Gasteiger partial charge in [0, 0.05) is 21.0 Å². The highest BCUT2D eigenvalue weighted by Crippen LogP contribution is 2.31. The van der Waals surface area contributed by atoms with Crippen LogP contribution in [0, 0.1) is 0 Å². The van der Waals surface area contributed by atoms with E-state index in [9.17, 15) is 4.79 Å². The van der Waals surface area contributed by atoms with Gasteiger partial charge in [-0.3, -0.25) is 4.79 Å². The molecule has 0 N–H and O–H groups in total. The Morgan fingerprint density at radius 2 is 1.94 bits per heavy atom. The third-order valence-electron chi connectivity index (χ3n) is 2.26. The fraction of sp³-hybridized carbons (Fsp3) is 0.214. The van der Waals surface area contributed by atoms with Crippen molar-refractivity contribution in [1.82, 2.24) is 0 Å². The first-order chi connectivity index (χ1) is 8.58.